The second-order valence-electron chi connectivity index (χ2n) is 3.51. The molecule has 2 N–H and O–H groups in total. The average Bonchev–Trinajstić information content (AvgIpc) is 2.29. The van der Waals surface area contributed by atoms with Crippen LogP contribution in [0.4, 0.5) is 0 Å². The van der Waals surface area contributed by atoms with E-state index in [1.807, 2.05) is 0 Å². The first-order chi connectivity index (χ1) is 7.95. The van der Waals surface area contributed by atoms with Crippen LogP contribution in [0.5, 0.6) is 0 Å². The molecular formula is C11H15ClN2O2S. The van der Waals surface area contributed by atoms with Crippen LogP contribution in [0.1, 0.15) is 5.56 Å². The molecular weight excluding hydrogens is 260 g/mol. The number of sulfonamides is 1. The van der Waals surface area contributed by atoms with Gasteiger partial charge in [-0.25, -0.2) is 12.7 Å². The lowest BCUT2D eigenvalue weighted by atomic mass is 10.2. The van der Waals surface area contributed by atoms with Crippen molar-refractivity contribution in [2.24, 2.45) is 5.73 Å². The molecule has 0 saturated heterocycles. The van der Waals surface area contributed by atoms with Crippen LogP contribution in [0.3, 0.4) is 0 Å². The fourth-order valence-electron chi connectivity index (χ4n) is 1.15. The molecule has 1 rings (SSSR count). The lowest BCUT2D eigenvalue weighted by Gasteiger charge is -2.12. The van der Waals surface area contributed by atoms with Crippen molar-refractivity contribution < 1.29 is 8.42 Å². The number of rotatable bonds is 5. The van der Waals surface area contributed by atoms with Crippen LogP contribution in [0, 0.1) is 0 Å². The molecule has 0 fully saturated rings. The van der Waals surface area contributed by atoms with Crippen molar-refractivity contribution in [2.75, 3.05) is 20.1 Å². The quantitative estimate of drug-likeness (QED) is 0.886. The molecule has 0 amide bonds. The highest BCUT2D eigenvalue weighted by Gasteiger charge is 2.12. The molecule has 0 heterocycles. The monoisotopic (exact) mass is 274 g/mol. The molecule has 0 aromatic heterocycles. The van der Waals surface area contributed by atoms with Gasteiger partial charge in [0.25, 0.3) is 0 Å². The lowest BCUT2D eigenvalue weighted by Crippen LogP contribution is -2.30. The molecule has 0 atom stereocenters. The average molecular weight is 275 g/mol. The Morgan fingerprint density at radius 3 is 2.47 bits per heavy atom. The van der Waals surface area contributed by atoms with Crippen molar-refractivity contribution >= 4 is 27.7 Å². The molecule has 1 aromatic rings. The molecule has 94 valence electrons. The van der Waals surface area contributed by atoms with Gasteiger partial charge in [-0.15, -0.1) is 0 Å². The standard InChI is InChI=1S/C11H15ClN2O2S/c1-14(8-7-13)17(15,16)9-6-10-2-4-11(12)5-3-10/h2-6,9H,7-8,13H2,1H3/b9-6+. The van der Waals surface area contributed by atoms with E-state index in [-0.39, 0.29) is 0 Å². The molecule has 0 unspecified atom stereocenters. The van der Waals surface area contributed by atoms with Crippen molar-refractivity contribution in [3.63, 3.8) is 0 Å². The summed E-state index contributed by atoms with van der Waals surface area (Å²) in [5.41, 5.74) is 6.08. The first-order valence-corrected chi connectivity index (χ1v) is 6.94. The van der Waals surface area contributed by atoms with Crippen LogP contribution < -0.4 is 5.73 Å². The Morgan fingerprint density at radius 1 is 1.35 bits per heavy atom. The van der Waals surface area contributed by atoms with Gasteiger partial charge in [0, 0.05) is 30.6 Å². The first-order valence-electron chi connectivity index (χ1n) is 5.06. The maximum atomic E-state index is 11.7. The number of benzene rings is 1. The van der Waals surface area contributed by atoms with Crippen LogP contribution in [0.2, 0.25) is 5.02 Å². The summed E-state index contributed by atoms with van der Waals surface area (Å²) in [5, 5.41) is 1.77. The second-order valence-corrected chi connectivity index (χ2v) is 5.87. The summed E-state index contributed by atoms with van der Waals surface area (Å²) in [6.45, 7) is 0.595. The van der Waals surface area contributed by atoms with Gasteiger partial charge in [-0.05, 0) is 23.8 Å². The Morgan fingerprint density at radius 2 is 1.94 bits per heavy atom. The molecule has 0 aliphatic carbocycles. The number of nitrogens with two attached hydrogens (primary N) is 1. The number of nitrogens with zero attached hydrogens (tertiary/aromatic N) is 1. The van der Waals surface area contributed by atoms with Crippen LogP contribution in [-0.4, -0.2) is 32.9 Å². The summed E-state index contributed by atoms with van der Waals surface area (Å²) >= 11 is 5.73. The molecule has 0 aliphatic heterocycles. The van der Waals surface area contributed by atoms with E-state index in [1.165, 1.54) is 17.4 Å². The molecule has 6 heteroatoms. The summed E-state index contributed by atoms with van der Waals surface area (Å²) in [4.78, 5) is 0. The zero-order chi connectivity index (χ0) is 12.9. The van der Waals surface area contributed by atoms with Crippen molar-refractivity contribution in [1.82, 2.24) is 4.31 Å². The van der Waals surface area contributed by atoms with Crippen molar-refractivity contribution in [3.05, 3.63) is 40.3 Å². The summed E-state index contributed by atoms with van der Waals surface area (Å²) in [5.74, 6) is 0. The Labute approximate surface area is 107 Å². The van der Waals surface area contributed by atoms with Gasteiger partial charge in [0.05, 0.1) is 0 Å². The van der Waals surface area contributed by atoms with Gasteiger partial charge in [-0.1, -0.05) is 23.7 Å². The third-order valence-electron chi connectivity index (χ3n) is 2.18. The van der Waals surface area contributed by atoms with E-state index in [2.05, 4.69) is 0 Å². The Balaban J connectivity index is 2.80. The van der Waals surface area contributed by atoms with E-state index in [9.17, 15) is 8.42 Å². The van der Waals surface area contributed by atoms with Gasteiger partial charge in [0.15, 0.2) is 0 Å². The van der Waals surface area contributed by atoms with E-state index in [1.54, 1.807) is 24.3 Å². The fourth-order valence-corrected chi connectivity index (χ4v) is 2.17. The number of hydrogen-bond acceptors (Lipinski definition) is 3. The van der Waals surface area contributed by atoms with Crippen LogP contribution in [0.15, 0.2) is 29.7 Å². The minimum Gasteiger partial charge on any atom is -0.329 e. The van der Waals surface area contributed by atoms with Gasteiger partial charge in [0.1, 0.15) is 0 Å². The van der Waals surface area contributed by atoms with Crippen LogP contribution >= 0.6 is 11.6 Å². The van der Waals surface area contributed by atoms with Gasteiger partial charge in [-0.3, -0.25) is 0 Å². The van der Waals surface area contributed by atoms with Gasteiger partial charge in [-0.2, -0.15) is 0 Å². The number of likely N-dealkylation sites (N-methyl/N-ethyl adjacent to an activating group) is 1. The fraction of sp³-hybridized carbons (Fsp3) is 0.273. The van der Waals surface area contributed by atoms with Crippen LogP contribution in [-0.2, 0) is 10.0 Å². The zero-order valence-corrected chi connectivity index (χ0v) is 11.1. The summed E-state index contributed by atoms with van der Waals surface area (Å²) < 4.78 is 24.6. The molecule has 0 saturated carbocycles. The van der Waals surface area contributed by atoms with Gasteiger partial charge in [0.2, 0.25) is 10.0 Å². The lowest BCUT2D eigenvalue weighted by molar-refractivity contribution is 0.485. The SMILES string of the molecule is CN(CCN)S(=O)(=O)/C=C/c1ccc(Cl)cc1. The third kappa shape index (κ3) is 4.47. The zero-order valence-electron chi connectivity index (χ0n) is 9.51. The summed E-state index contributed by atoms with van der Waals surface area (Å²) in [7, 11) is -1.90. The number of halogens is 1. The highest BCUT2D eigenvalue weighted by molar-refractivity contribution is 7.92. The minimum atomic E-state index is -3.39. The molecule has 0 spiro atoms. The Bertz CT molecular complexity index is 483. The second kappa shape index (κ2) is 6.16. The molecule has 4 nitrogen and oxygen atoms in total. The smallest absolute Gasteiger partial charge is 0.236 e. The van der Waals surface area contributed by atoms with E-state index in [0.717, 1.165) is 11.0 Å². The van der Waals surface area contributed by atoms with E-state index in [4.69, 9.17) is 17.3 Å². The Kier molecular flexibility index (Phi) is 5.14. The highest BCUT2D eigenvalue weighted by Crippen LogP contribution is 2.11. The minimum absolute atomic E-state index is 0.296. The first kappa shape index (κ1) is 14.2. The van der Waals surface area contributed by atoms with Gasteiger partial charge < -0.3 is 5.73 Å². The maximum absolute atomic E-state index is 11.7. The Hall–Kier alpha value is -0.880. The molecule has 0 bridgehead atoms. The molecule has 17 heavy (non-hydrogen) atoms. The van der Waals surface area contributed by atoms with Gasteiger partial charge >= 0.3 is 0 Å². The van der Waals surface area contributed by atoms with Crippen molar-refractivity contribution in [3.8, 4) is 0 Å². The summed E-state index contributed by atoms with van der Waals surface area (Å²) in [6.07, 6.45) is 1.53. The van der Waals surface area contributed by atoms with Crippen LogP contribution in [0.25, 0.3) is 6.08 Å². The number of hydrogen-bond donors (Lipinski definition) is 1. The highest BCUT2D eigenvalue weighted by atomic mass is 35.5. The normalized spacial score (nSPS) is 12.5. The van der Waals surface area contributed by atoms with E-state index >= 15 is 0 Å². The van der Waals surface area contributed by atoms with E-state index in [0.29, 0.717) is 18.1 Å². The topological polar surface area (TPSA) is 63.4 Å². The predicted molar refractivity (Wildman–Crippen MR) is 71.1 cm³/mol. The maximum Gasteiger partial charge on any atom is 0.236 e. The van der Waals surface area contributed by atoms with Crippen molar-refractivity contribution in [2.45, 2.75) is 0 Å². The van der Waals surface area contributed by atoms with Crippen molar-refractivity contribution in [1.29, 1.82) is 0 Å². The molecule has 0 aliphatic rings. The third-order valence-corrected chi connectivity index (χ3v) is 3.96. The largest absolute Gasteiger partial charge is 0.329 e. The molecule has 1 aromatic carbocycles. The van der Waals surface area contributed by atoms with E-state index < -0.39 is 10.0 Å². The molecule has 0 radical (unpaired) electrons. The predicted octanol–water partition coefficient (Wildman–Crippen LogP) is 1.53. The summed E-state index contributed by atoms with van der Waals surface area (Å²) in [6, 6.07) is 6.91.